The minimum atomic E-state index is -1.22. The highest BCUT2D eigenvalue weighted by atomic mass is 16.5. The monoisotopic (exact) mass is 489 g/mol. The molecule has 0 radical (unpaired) electrons. The van der Waals surface area contributed by atoms with Crippen LogP contribution in [-0.2, 0) is 0 Å². The van der Waals surface area contributed by atoms with E-state index in [0.29, 0.717) is 24.7 Å². The molecule has 0 bridgehead atoms. The SMILES string of the molecule is CCCCCCCCCCCCOc1ccc(OCCCCCCCCCCCC)c(C(=O)[O-])c1. The Kier molecular flexibility index (Phi) is 20.3. The van der Waals surface area contributed by atoms with Crippen LogP contribution in [0.4, 0.5) is 0 Å². The van der Waals surface area contributed by atoms with Crippen molar-refractivity contribution < 1.29 is 19.4 Å². The lowest BCUT2D eigenvalue weighted by molar-refractivity contribution is -0.255. The van der Waals surface area contributed by atoms with Crippen LogP contribution >= 0.6 is 0 Å². The number of hydrogen-bond donors (Lipinski definition) is 0. The van der Waals surface area contributed by atoms with Gasteiger partial charge in [0.05, 0.1) is 19.2 Å². The van der Waals surface area contributed by atoms with Crippen LogP contribution in [0.25, 0.3) is 0 Å². The van der Waals surface area contributed by atoms with Gasteiger partial charge in [-0.3, -0.25) is 0 Å². The number of ether oxygens (including phenoxy) is 2. The van der Waals surface area contributed by atoms with E-state index >= 15 is 0 Å². The zero-order chi connectivity index (χ0) is 25.4. The first kappa shape index (κ1) is 31.3. The fourth-order valence-electron chi connectivity index (χ4n) is 4.44. The molecule has 0 spiro atoms. The molecule has 4 nitrogen and oxygen atoms in total. The van der Waals surface area contributed by atoms with E-state index in [1.165, 1.54) is 103 Å². The summed E-state index contributed by atoms with van der Waals surface area (Å²) < 4.78 is 11.5. The molecule has 0 aliphatic carbocycles. The van der Waals surface area contributed by atoms with Gasteiger partial charge in [-0.1, -0.05) is 129 Å². The molecule has 0 saturated carbocycles. The standard InChI is InChI=1S/C31H54O4/c1-3-5-7-9-11-13-15-17-19-21-25-34-28-23-24-30(29(27-28)31(32)33)35-26-22-20-18-16-14-12-10-8-6-4-2/h23-24,27H,3-22,25-26H2,1-2H3,(H,32,33)/p-1. The van der Waals surface area contributed by atoms with E-state index < -0.39 is 5.97 Å². The van der Waals surface area contributed by atoms with Crippen molar-refractivity contribution in [3.8, 4) is 11.5 Å². The van der Waals surface area contributed by atoms with Gasteiger partial charge in [0.15, 0.2) is 0 Å². The number of unbranched alkanes of at least 4 members (excludes halogenated alkanes) is 18. The number of carboxylic acid groups (broad SMARTS) is 1. The van der Waals surface area contributed by atoms with Gasteiger partial charge in [-0.2, -0.15) is 0 Å². The van der Waals surface area contributed by atoms with E-state index in [0.717, 1.165) is 25.7 Å². The van der Waals surface area contributed by atoms with Gasteiger partial charge in [-0.05, 0) is 31.0 Å². The highest BCUT2D eigenvalue weighted by Crippen LogP contribution is 2.25. The molecule has 0 aliphatic heterocycles. The van der Waals surface area contributed by atoms with Crippen molar-refractivity contribution >= 4 is 5.97 Å². The molecule has 1 rings (SSSR count). The molecule has 0 heterocycles. The normalized spacial score (nSPS) is 11.0. The Balaban J connectivity index is 2.14. The quantitative estimate of drug-likeness (QED) is 0.129. The summed E-state index contributed by atoms with van der Waals surface area (Å²) in [5.74, 6) is -0.258. The van der Waals surface area contributed by atoms with Crippen molar-refractivity contribution in [2.75, 3.05) is 13.2 Å². The Hall–Kier alpha value is -1.71. The summed E-state index contributed by atoms with van der Waals surface area (Å²) in [5, 5.41) is 11.6. The zero-order valence-corrected chi connectivity index (χ0v) is 22.9. The number of carbonyl (C=O) groups excluding carboxylic acids is 1. The Morgan fingerprint density at radius 3 is 1.43 bits per heavy atom. The maximum absolute atomic E-state index is 11.6. The molecular weight excluding hydrogens is 436 g/mol. The molecule has 0 fully saturated rings. The summed E-state index contributed by atoms with van der Waals surface area (Å²) in [4.78, 5) is 11.6. The van der Waals surface area contributed by atoms with E-state index in [9.17, 15) is 9.90 Å². The predicted octanol–water partition coefficient (Wildman–Crippen LogP) is 8.65. The van der Waals surface area contributed by atoms with E-state index in [1.807, 2.05) is 0 Å². The van der Waals surface area contributed by atoms with Crippen molar-refractivity contribution in [1.82, 2.24) is 0 Å². The average Bonchev–Trinajstić information content (AvgIpc) is 2.86. The topological polar surface area (TPSA) is 58.6 Å². The number of aromatic carboxylic acids is 1. The van der Waals surface area contributed by atoms with Gasteiger partial charge in [0.25, 0.3) is 0 Å². The molecule has 0 atom stereocenters. The van der Waals surface area contributed by atoms with Crippen LogP contribution < -0.4 is 14.6 Å². The van der Waals surface area contributed by atoms with Crippen LogP contribution in [0.5, 0.6) is 11.5 Å². The van der Waals surface area contributed by atoms with Gasteiger partial charge in [0.1, 0.15) is 11.5 Å². The lowest BCUT2D eigenvalue weighted by Gasteiger charge is -2.14. The van der Waals surface area contributed by atoms with Gasteiger partial charge in [-0.25, -0.2) is 0 Å². The first-order valence-electron chi connectivity index (χ1n) is 14.8. The van der Waals surface area contributed by atoms with Crippen LogP contribution in [0.3, 0.4) is 0 Å². The molecule has 0 saturated heterocycles. The Morgan fingerprint density at radius 2 is 1.00 bits per heavy atom. The highest BCUT2D eigenvalue weighted by Gasteiger charge is 2.08. The Bertz CT molecular complexity index is 628. The molecule has 1 aromatic rings. The highest BCUT2D eigenvalue weighted by molar-refractivity contribution is 5.89. The second-order valence-electron chi connectivity index (χ2n) is 10.0. The molecule has 35 heavy (non-hydrogen) atoms. The van der Waals surface area contributed by atoms with Gasteiger partial charge in [0.2, 0.25) is 0 Å². The van der Waals surface area contributed by atoms with E-state index in [2.05, 4.69) is 13.8 Å². The summed E-state index contributed by atoms with van der Waals surface area (Å²) in [5.41, 5.74) is 0.0812. The molecule has 4 heteroatoms. The fraction of sp³-hybridized carbons (Fsp3) is 0.774. The second kappa shape index (κ2) is 22.7. The van der Waals surface area contributed by atoms with Crippen LogP contribution in [-0.4, -0.2) is 19.2 Å². The van der Waals surface area contributed by atoms with Crippen LogP contribution in [0.15, 0.2) is 18.2 Å². The Morgan fingerprint density at radius 1 is 0.600 bits per heavy atom. The third-order valence-corrected chi connectivity index (χ3v) is 6.69. The largest absolute Gasteiger partial charge is 0.545 e. The van der Waals surface area contributed by atoms with Gasteiger partial charge in [0, 0.05) is 5.56 Å². The van der Waals surface area contributed by atoms with Crippen LogP contribution in [0, 0.1) is 0 Å². The van der Waals surface area contributed by atoms with Crippen LogP contribution in [0.2, 0.25) is 0 Å². The lowest BCUT2D eigenvalue weighted by atomic mass is 10.1. The van der Waals surface area contributed by atoms with Crippen molar-refractivity contribution in [3.63, 3.8) is 0 Å². The number of carboxylic acids is 1. The van der Waals surface area contributed by atoms with Gasteiger partial charge >= 0.3 is 0 Å². The lowest BCUT2D eigenvalue weighted by Crippen LogP contribution is -2.23. The van der Waals surface area contributed by atoms with E-state index in [-0.39, 0.29) is 5.56 Å². The first-order chi connectivity index (χ1) is 17.2. The fourth-order valence-corrected chi connectivity index (χ4v) is 4.44. The zero-order valence-electron chi connectivity index (χ0n) is 22.9. The third-order valence-electron chi connectivity index (χ3n) is 6.69. The summed E-state index contributed by atoms with van der Waals surface area (Å²) >= 11 is 0. The summed E-state index contributed by atoms with van der Waals surface area (Å²) in [6.07, 6.45) is 25.4. The maximum atomic E-state index is 11.6. The van der Waals surface area contributed by atoms with E-state index in [4.69, 9.17) is 9.47 Å². The molecule has 0 aromatic heterocycles. The molecule has 1 aromatic carbocycles. The molecule has 0 amide bonds. The van der Waals surface area contributed by atoms with Gasteiger partial charge < -0.3 is 19.4 Å². The summed E-state index contributed by atoms with van der Waals surface area (Å²) in [7, 11) is 0. The molecular formula is C31H53O4-. The molecule has 202 valence electrons. The third kappa shape index (κ3) is 17.4. The minimum Gasteiger partial charge on any atom is -0.545 e. The number of hydrogen-bond acceptors (Lipinski definition) is 4. The predicted molar refractivity (Wildman–Crippen MR) is 145 cm³/mol. The maximum Gasteiger partial charge on any atom is 0.128 e. The second-order valence-corrected chi connectivity index (χ2v) is 10.0. The number of carbonyl (C=O) groups is 1. The smallest absolute Gasteiger partial charge is 0.128 e. The minimum absolute atomic E-state index is 0.0812. The molecule has 0 unspecified atom stereocenters. The van der Waals surface area contributed by atoms with Crippen molar-refractivity contribution in [1.29, 1.82) is 0 Å². The summed E-state index contributed by atoms with van der Waals surface area (Å²) in [6.45, 7) is 5.65. The van der Waals surface area contributed by atoms with Crippen molar-refractivity contribution in [2.45, 2.75) is 142 Å². The van der Waals surface area contributed by atoms with Crippen LogP contribution in [0.1, 0.15) is 153 Å². The molecule has 0 aliphatic rings. The number of rotatable bonds is 25. The van der Waals surface area contributed by atoms with E-state index in [1.54, 1.807) is 18.2 Å². The Labute approximate surface area is 216 Å². The molecule has 0 N–H and O–H groups in total. The summed E-state index contributed by atoms with van der Waals surface area (Å²) in [6, 6.07) is 5.05. The van der Waals surface area contributed by atoms with Crippen molar-refractivity contribution in [2.24, 2.45) is 0 Å². The first-order valence-corrected chi connectivity index (χ1v) is 14.8. The van der Waals surface area contributed by atoms with Crippen molar-refractivity contribution in [3.05, 3.63) is 23.8 Å². The number of benzene rings is 1. The average molecular weight is 490 g/mol. The van der Waals surface area contributed by atoms with Gasteiger partial charge in [-0.15, -0.1) is 0 Å².